The summed E-state index contributed by atoms with van der Waals surface area (Å²) in [6.07, 6.45) is 5.35. The van der Waals surface area contributed by atoms with Gasteiger partial charge in [-0.1, -0.05) is 29.4 Å². The summed E-state index contributed by atoms with van der Waals surface area (Å²) < 4.78 is 4.00. The van der Waals surface area contributed by atoms with Crippen LogP contribution >= 0.6 is 23.4 Å². The van der Waals surface area contributed by atoms with Crippen LogP contribution in [0, 0.1) is 6.92 Å². The molecule has 8 heteroatoms. The Labute approximate surface area is 170 Å². The molecule has 3 heterocycles. The Morgan fingerprint density at radius 3 is 2.82 bits per heavy atom. The van der Waals surface area contributed by atoms with Gasteiger partial charge in [0, 0.05) is 44.8 Å². The lowest BCUT2D eigenvalue weighted by Gasteiger charge is -2.06. The number of carbonyl (C=O) groups is 1. The fourth-order valence-electron chi connectivity index (χ4n) is 3.17. The third-order valence-corrected chi connectivity index (χ3v) is 5.93. The number of aromatic carboxylic acids is 1. The highest BCUT2D eigenvalue weighted by Crippen LogP contribution is 2.40. The van der Waals surface area contributed by atoms with E-state index in [1.165, 1.54) is 18.0 Å². The minimum absolute atomic E-state index is 0.0265. The first-order chi connectivity index (χ1) is 13.5. The zero-order chi connectivity index (χ0) is 19.8. The summed E-state index contributed by atoms with van der Waals surface area (Å²) in [7, 11) is 0. The van der Waals surface area contributed by atoms with Gasteiger partial charge < -0.3 is 9.67 Å². The topological polar surface area (TPSA) is 72.9 Å². The molecule has 0 aliphatic heterocycles. The first-order valence-corrected chi connectivity index (χ1v) is 9.88. The van der Waals surface area contributed by atoms with Crippen molar-refractivity contribution in [3.05, 3.63) is 65.3 Å². The van der Waals surface area contributed by atoms with Crippen LogP contribution in [0.3, 0.4) is 0 Å². The highest BCUT2D eigenvalue weighted by atomic mass is 35.5. The lowest BCUT2D eigenvalue weighted by molar-refractivity contribution is 0.0690. The van der Waals surface area contributed by atoms with Crippen LogP contribution in [0.15, 0.2) is 58.7 Å². The van der Waals surface area contributed by atoms with Crippen LogP contribution in [0.5, 0.6) is 0 Å². The Kier molecular flexibility index (Phi) is 4.87. The van der Waals surface area contributed by atoms with Gasteiger partial charge in [-0.15, -0.1) is 0 Å². The summed E-state index contributed by atoms with van der Waals surface area (Å²) in [6, 6.07) is 9.19. The number of carboxylic acids is 1. The molecule has 0 aliphatic carbocycles. The maximum atomic E-state index is 11.2. The predicted octanol–water partition coefficient (Wildman–Crippen LogP) is 5.05. The maximum absolute atomic E-state index is 11.2. The number of hydrogen-bond acceptors (Lipinski definition) is 4. The summed E-state index contributed by atoms with van der Waals surface area (Å²) in [5.74, 6) is -1.04. The average molecular weight is 413 g/mol. The van der Waals surface area contributed by atoms with Crippen molar-refractivity contribution in [2.45, 2.75) is 30.2 Å². The summed E-state index contributed by atoms with van der Waals surface area (Å²) in [5, 5.41) is 15.3. The first kappa shape index (κ1) is 18.6. The fraction of sp³-hybridized carbons (Fsp3) is 0.150. The number of fused-ring (bicyclic) bond motifs is 1. The number of halogens is 1. The largest absolute Gasteiger partial charge is 0.477 e. The highest BCUT2D eigenvalue weighted by Gasteiger charge is 2.18. The van der Waals surface area contributed by atoms with E-state index in [1.54, 1.807) is 6.07 Å². The number of benzene rings is 1. The van der Waals surface area contributed by atoms with Crippen molar-refractivity contribution in [2.24, 2.45) is 0 Å². The molecular formula is C20H17ClN4O2S. The smallest absolute Gasteiger partial charge is 0.354 e. The number of hydrogen-bond donors (Lipinski definition) is 1. The van der Waals surface area contributed by atoms with Crippen molar-refractivity contribution in [2.75, 3.05) is 0 Å². The first-order valence-electron chi connectivity index (χ1n) is 8.68. The quantitative estimate of drug-likeness (QED) is 0.496. The van der Waals surface area contributed by atoms with Gasteiger partial charge in [-0.25, -0.2) is 9.78 Å². The van der Waals surface area contributed by atoms with Gasteiger partial charge in [0.25, 0.3) is 0 Å². The van der Waals surface area contributed by atoms with Crippen molar-refractivity contribution in [1.82, 2.24) is 19.3 Å². The predicted molar refractivity (Wildman–Crippen MR) is 110 cm³/mol. The third kappa shape index (κ3) is 3.27. The number of nitrogens with zero attached hydrogens (tertiary/aromatic N) is 4. The molecule has 0 amide bonds. The highest BCUT2D eigenvalue weighted by molar-refractivity contribution is 7.99. The Bertz CT molecular complexity index is 1200. The molecular weight excluding hydrogens is 396 g/mol. The standard InChI is InChI=1S/C20H17ClN4O2S/c1-3-24-11-14(10-23-24)25-12(2)19(16-5-4-13(21)8-18(16)25)28-15-6-7-22-17(9-15)20(26)27/h4-11H,3H2,1-2H3,(H,26,27). The van der Waals surface area contributed by atoms with Crippen molar-refractivity contribution >= 4 is 40.2 Å². The summed E-state index contributed by atoms with van der Waals surface area (Å²) >= 11 is 7.79. The Hall–Kier alpha value is -2.77. The lowest BCUT2D eigenvalue weighted by Crippen LogP contribution is -1.99. The molecule has 0 unspecified atom stereocenters. The van der Waals surface area contributed by atoms with Crippen molar-refractivity contribution in [3.8, 4) is 5.69 Å². The zero-order valence-corrected chi connectivity index (χ0v) is 16.8. The molecule has 6 nitrogen and oxygen atoms in total. The molecule has 28 heavy (non-hydrogen) atoms. The monoisotopic (exact) mass is 412 g/mol. The van der Waals surface area contributed by atoms with E-state index in [0.717, 1.165) is 38.6 Å². The minimum atomic E-state index is -1.04. The van der Waals surface area contributed by atoms with Crippen molar-refractivity contribution in [3.63, 3.8) is 0 Å². The maximum Gasteiger partial charge on any atom is 0.354 e. The van der Waals surface area contributed by atoms with E-state index in [1.807, 2.05) is 55.2 Å². The molecule has 4 rings (SSSR count). The Morgan fingerprint density at radius 1 is 1.29 bits per heavy atom. The van der Waals surface area contributed by atoms with Crippen molar-refractivity contribution < 1.29 is 9.90 Å². The fourth-order valence-corrected chi connectivity index (χ4v) is 4.39. The summed E-state index contributed by atoms with van der Waals surface area (Å²) in [6.45, 7) is 4.87. The third-order valence-electron chi connectivity index (χ3n) is 4.48. The van der Waals surface area contributed by atoms with E-state index in [-0.39, 0.29) is 5.69 Å². The zero-order valence-electron chi connectivity index (χ0n) is 15.3. The minimum Gasteiger partial charge on any atom is -0.477 e. The van der Waals surface area contributed by atoms with E-state index in [2.05, 4.69) is 14.6 Å². The second-order valence-electron chi connectivity index (χ2n) is 6.25. The molecule has 0 atom stereocenters. The normalized spacial score (nSPS) is 11.2. The molecule has 0 aliphatic rings. The van der Waals surface area contributed by atoms with Crippen LogP contribution in [0.25, 0.3) is 16.6 Å². The number of aromatic nitrogens is 4. The number of rotatable bonds is 5. The molecule has 142 valence electrons. The van der Waals surface area contributed by atoms with Gasteiger partial charge in [0.05, 0.1) is 17.4 Å². The average Bonchev–Trinajstić information content (AvgIpc) is 3.25. The van der Waals surface area contributed by atoms with Gasteiger partial charge in [0.2, 0.25) is 0 Å². The molecule has 0 spiro atoms. The second-order valence-corrected chi connectivity index (χ2v) is 7.77. The summed E-state index contributed by atoms with van der Waals surface area (Å²) in [4.78, 5) is 17.0. The van der Waals surface area contributed by atoms with Crippen LogP contribution in [0.2, 0.25) is 5.02 Å². The molecule has 0 fully saturated rings. The molecule has 0 saturated carbocycles. The van der Waals surface area contributed by atoms with Gasteiger partial charge in [-0.3, -0.25) is 4.68 Å². The molecule has 0 radical (unpaired) electrons. The van der Waals surface area contributed by atoms with E-state index in [4.69, 9.17) is 11.6 Å². The molecule has 1 N–H and O–H groups in total. The van der Waals surface area contributed by atoms with E-state index >= 15 is 0 Å². The lowest BCUT2D eigenvalue weighted by atomic mass is 10.2. The van der Waals surface area contributed by atoms with Gasteiger partial charge in [-0.2, -0.15) is 5.10 Å². The van der Waals surface area contributed by atoms with Crippen molar-refractivity contribution in [1.29, 1.82) is 0 Å². The van der Waals surface area contributed by atoms with Gasteiger partial charge in [0.1, 0.15) is 5.69 Å². The van der Waals surface area contributed by atoms with Crippen LogP contribution in [-0.4, -0.2) is 30.4 Å². The second kappa shape index (κ2) is 7.33. The molecule has 0 bridgehead atoms. The van der Waals surface area contributed by atoms with Gasteiger partial charge in [0.15, 0.2) is 0 Å². The molecule has 0 saturated heterocycles. The summed E-state index contributed by atoms with van der Waals surface area (Å²) in [5.41, 5.74) is 3.00. The van der Waals surface area contributed by atoms with Crippen LogP contribution in [0.4, 0.5) is 0 Å². The van der Waals surface area contributed by atoms with Gasteiger partial charge >= 0.3 is 5.97 Å². The SMILES string of the molecule is CCn1cc(-n2c(C)c(Sc3ccnc(C(=O)O)c3)c3ccc(Cl)cc32)cn1. The van der Waals surface area contributed by atoms with Crippen LogP contribution < -0.4 is 0 Å². The van der Waals surface area contributed by atoms with E-state index in [0.29, 0.717) is 5.02 Å². The van der Waals surface area contributed by atoms with E-state index in [9.17, 15) is 9.90 Å². The Morgan fingerprint density at radius 2 is 2.11 bits per heavy atom. The molecule has 3 aromatic heterocycles. The molecule has 1 aromatic carbocycles. The number of pyridine rings is 1. The van der Waals surface area contributed by atoms with Crippen LogP contribution in [-0.2, 0) is 6.54 Å². The number of aryl methyl sites for hydroxylation is 1. The van der Waals surface area contributed by atoms with E-state index < -0.39 is 5.97 Å². The van der Waals surface area contributed by atoms with Gasteiger partial charge in [-0.05, 0) is 38.1 Å². The van der Waals surface area contributed by atoms with Crippen LogP contribution in [0.1, 0.15) is 23.1 Å². The molecule has 4 aromatic rings. The number of carboxylic acid groups (broad SMARTS) is 1. The Balaban J connectivity index is 1.88.